The Morgan fingerprint density at radius 1 is 1.14 bits per heavy atom. The van der Waals surface area contributed by atoms with Crippen LogP contribution in [0.3, 0.4) is 0 Å². The van der Waals surface area contributed by atoms with Crippen molar-refractivity contribution >= 4 is 29.0 Å². The van der Waals surface area contributed by atoms with Crippen LogP contribution in [0, 0.1) is 0 Å². The molecule has 9 heteroatoms. The average Bonchev–Trinajstić information content (AvgIpc) is 3.15. The monoisotopic (exact) mass is 417 g/mol. The third kappa shape index (κ3) is 3.69. The molecule has 3 heterocycles. The summed E-state index contributed by atoms with van der Waals surface area (Å²) < 4.78 is 7.18. The van der Waals surface area contributed by atoms with E-state index in [2.05, 4.69) is 15.4 Å². The van der Waals surface area contributed by atoms with Crippen molar-refractivity contribution in [2.24, 2.45) is 4.99 Å². The van der Waals surface area contributed by atoms with Crippen molar-refractivity contribution in [1.82, 2.24) is 20.0 Å². The molecule has 1 aromatic carbocycles. The number of methoxy groups -OCH3 is 1. The number of nitrogens with one attached hydrogen (secondary N) is 1. The summed E-state index contributed by atoms with van der Waals surface area (Å²) in [5, 5.41) is 1.06. The maximum Gasteiger partial charge on any atom is 0.238 e. The van der Waals surface area contributed by atoms with Crippen molar-refractivity contribution in [3.63, 3.8) is 0 Å². The summed E-state index contributed by atoms with van der Waals surface area (Å²) in [6, 6.07) is 11.1. The van der Waals surface area contributed by atoms with E-state index >= 15 is 0 Å². The number of nitrogens with zero attached hydrogens (tertiary/aromatic N) is 4. The molecule has 0 amide bonds. The van der Waals surface area contributed by atoms with Gasteiger partial charge in [0.1, 0.15) is 35.0 Å². The molecule has 0 spiro atoms. The molecule has 0 aliphatic carbocycles. The number of ether oxygens (including phenoxy) is 1. The third-order valence-electron chi connectivity index (χ3n) is 4.37. The van der Waals surface area contributed by atoms with Crippen molar-refractivity contribution in [3.8, 4) is 11.6 Å². The van der Waals surface area contributed by atoms with Crippen LogP contribution in [-0.2, 0) is 4.84 Å². The molecule has 0 saturated carbocycles. The Morgan fingerprint density at radius 3 is 2.61 bits per heavy atom. The summed E-state index contributed by atoms with van der Waals surface area (Å²) in [6.45, 7) is 1.95. The molecular formula is C19H17Cl2N5O2. The average molecular weight is 418 g/mol. The van der Waals surface area contributed by atoms with Crippen LogP contribution in [0.25, 0.3) is 5.69 Å². The second kappa shape index (κ2) is 7.79. The summed E-state index contributed by atoms with van der Waals surface area (Å²) in [5.74, 6) is 0.935. The zero-order valence-electron chi connectivity index (χ0n) is 15.1. The van der Waals surface area contributed by atoms with Gasteiger partial charge in [-0.25, -0.2) is 15.4 Å². The quantitative estimate of drug-likeness (QED) is 0.694. The van der Waals surface area contributed by atoms with Gasteiger partial charge in [-0.05, 0) is 36.8 Å². The molecule has 144 valence electrons. The van der Waals surface area contributed by atoms with E-state index < -0.39 is 0 Å². The van der Waals surface area contributed by atoms with Gasteiger partial charge in [-0.15, -0.1) is 0 Å². The highest BCUT2D eigenvalue weighted by molar-refractivity contribution is 6.30. The minimum Gasteiger partial charge on any atom is -0.479 e. The standard InChI is InChI=1S/C19H17Cl2N5O2/c1-11-17(12-3-5-13(20)6-4-12)24-18(25-28-11)14-7-8-15(19(23-14)27-2)26-9-16(21)22-10-26/h3-11,17H,1-2H3,(H,24,25)/t11-,17-/m1/s1. The SMILES string of the molecule is COc1nc(C2=N[C@@H](c3ccc(Cl)cc3)[C@@H](C)ON2)ccc1-n1cnc(Cl)c1. The molecule has 1 aliphatic rings. The molecule has 4 rings (SSSR count). The van der Waals surface area contributed by atoms with Gasteiger partial charge < -0.3 is 4.74 Å². The predicted octanol–water partition coefficient (Wildman–Crippen LogP) is 3.99. The second-order valence-corrected chi connectivity index (χ2v) is 7.05. The molecule has 28 heavy (non-hydrogen) atoms. The first-order chi connectivity index (χ1) is 13.5. The normalized spacial score (nSPS) is 19.1. The lowest BCUT2D eigenvalue weighted by Gasteiger charge is -2.28. The van der Waals surface area contributed by atoms with Crippen LogP contribution >= 0.6 is 23.2 Å². The summed E-state index contributed by atoms with van der Waals surface area (Å²) in [7, 11) is 1.55. The lowest BCUT2D eigenvalue weighted by atomic mass is 10.0. The maximum absolute atomic E-state index is 5.99. The first-order valence-corrected chi connectivity index (χ1v) is 9.31. The molecular weight excluding hydrogens is 401 g/mol. The van der Waals surface area contributed by atoms with Crippen LogP contribution < -0.4 is 10.2 Å². The van der Waals surface area contributed by atoms with Gasteiger partial charge in [-0.2, -0.15) is 0 Å². The number of rotatable bonds is 4. The fourth-order valence-electron chi connectivity index (χ4n) is 2.95. The van der Waals surface area contributed by atoms with E-state index in [-0.39, 0.29) is 12.1 Å². The number of hydroxylamine groups is 1. The fraction of sp³-hybridized carbons (Fsp3) is 0.211. The molecule has 0 bridgehead atoms. The van der Waals surface area contributed by atoms with Crippen LogP contribution in [0.1, 0.15) is 24.2 Å². The first-order valence-electron chi connectivity index (χ1n) is 8.55. The lowest BCUT2D eigenvalue weighted by molar-refractivity contribution is -0.00478. The van der Waals surface area contributed by atoms with E-state index in [1.54, 1.807) is 24.2 Å². The van der Waals surface area contributed by atoms with Crippen molar-refractivity contribution in [1.29, 1.82) is 0 Å². The van der Waals surface area contributed by atoms with Gasteiger partial charge in [-0.3, -0.25) is 14.4 Å². The van der Waals surface area contributed by atoms with E-state index in [9.17, 15) is 0 Å². The Kier molecular flexibility index (Phi) is 5.21. The minimum atomic E-state index is -0.187. The number of halogens is 2. The Balaban J connectivity index is 1.69. The van der Waals surface area contributed by atoms with Crippen molar-refractivity contribution in [3.05, 3.63) is 70.4 Å². The van der Waals surface area contributed by atoms with Gasteiger partial charge in [0, 0.05) is 11.2 Å². The van der Waals surface area contributed by atoms with E-state index in [1.165, 1.54) is 0 Å². The van der Waals surface area contributed by atoms with Gasteiger partial charge in [0.15, 0.2) is 5.84 Å². The summed E-state index contributed by atoms with van der Waals surface area (Å²) >= 11 is 11.9. The van der Waals surface area contributed by atoms with Crippen LogP contribution in [0.2, 0.25) is 10.2 Å². The number of hydrogen-bond acceptors (Lipinski definition) is 6. The highest BCUT2D eigenvalue weighted by Gasteiger charge is 2.26. The maximum atomic E-state index is 5.99. The lowest BCUT2D eigenvalue weighted by Crippen LogP contribution is -2.38. The van der Waals surface area contributed by atoms with E-state index in [0.29, 0.717) is 33.3 Å². The van der Waals surface area contributed by atoms with Crippen LogP contribution in [0.5, 0.6) is 5.88 Å². The molecule has 2 atom stereocenters. The zero-order valence-corrected chi connectivity index (χ0v) is 16.6. The van der Waals surface area contributed by atoms with Gasteiger partial charge >= 0.3 is 0 Å². The molecule has 0 saturated heterocycles. The number of aliphatic imine (C=N–C) groups is 1. The highest BCUT2D eigenvalue weighted by atomic mass is 35.5. The molecule has 1 aliphatic heterocycles. The summed E-state index contributed by atoms with van der Waals surface area (Å²) in [6.07, 6.45) is 3.12. The number of aromatic nitrogens is 3. The second-order valence-electron chi connectivity index (χ2n) is 6.23. The number of imidazole rings is 1. The summed E-state index contributed by atoms with van der Waals surface area (Å²) in [4.78, 5) is 19.1. The molecule has 2 aromatic heterocycles. The van der Waals surface area contributed by atoms with Gasteiger partial charge in [0.05, 0.1) is 7.11 Å². The predicted molar refractivity (Wildman–Crippen MR) is 107 cm³/mol. The number of amidine groups is 1. The molecule has 1 N–H and O–H groups in total. The topological polar surface area (TPSA) is 73.6 Å². The van der Waals surface area contributed by atoms with Crippen LogP contribution in [0.15, 0.2) is 53.9 Å². The van der Waals surface area contributed by atoms with Crippen molar-refractivity contribution in [2.75, 3.05) is 7.11 Å². The molecule has 7 nitrogen and oxygen atoms in total. The van der Waals surface area contributed by atoms with Crippen molar-refractivity contribution in [2.45, 2.75) is 19.1 Å². The number of benzene rings is 1. The van der Waals surface area contributed by atoms with Gasteiger partial charge in [-0.1, -0.05) is 35.3 Å². The fourth-order valence-corrected chi connectivity index (χ4v) is 3.22. The Morgan fingerprint density at radius 2 is 1.93 bits per heavy atom. The highest BCUT2D eigenvalue weighted by Crippen LogP contribution is 2.28. The van der Waals surface area contributed by atoms with E-state index in [0.717, 1.165) is 5.56 Å². The first kappa shape index (κ1) is 18.7. The summed E-state index contributed by atoms with van der Waals surface area (Å²) in [5.41, 5.74) is 5.19. The Bertz CT molecular complexity index is 1020. The van der Waals surface area contributed by atoms with E-state index in [1.807, 2.05) is 43.3 Å². The van der Waals surface area contributed by atoms with E-state index in [4.69, 9.17) is 37.8 Å². The van der Waals surface area contributed by atoms with Crippen LogP contribution in [-0.4, -0.2) is 33.6 Å². The molecule has 0 fully saturated rings. The molecule has 0 unspecified atom stereocenters. The third-order valence-corrected chi connectivity index (χ3v) is 4.82. The molecule has 0 radical (unpaired) electrons. The minimum absolute atomic E-state index is 0.154. The number of hydrogen-bond donors (Lipinski definition) is 1. The van der Waals surface area contributed by atoms with Gasteiger partial charge in [0.25, 0.3) is 0 Å². The number of pyridine rings is 1. The molecule has 3 aromatic rings. The van der Waals surface area contributed by atoms with Crippen LogP contribution in [0.4, 0.5) is 0 Å². The largest absolute Gasteiger partial charge is 0.479 e. The Labute approximate surface area is 171 Å². The van der Waals surface area contributed by atoms with Gasteiger partial charge in [0.2, 0.25) is 5.88 Å². The van der Waals surface area contributed by atoms with Crippen molar-refractivity contribution < 1.29 is 9.57 Å². The Hall–Kier alpha value is -2.61. The zero-order chi connectivity index (χ0) is 19.7. The smallest absolute Gasteiger partial charge is 0.238 e.